The number of carbonyl (C=O) groups is 2. The predicted molar refractivity (Wildman–Crippen MR) is 139 cm³/mol. The third-order valence-electron chi connectivity index (χ3n) is 4.79. The molecule has 0 spiro atoms. The summed E-state index contributed by atoms with van der Waals surface area (Å²) in [7, 11) is 0. The molecule has 0 fully saturated rings. The third kappa shape index (κ3) is 8.47. The Labute approximate surface area is 211 Å². The van der Waals surface area contributed by atoms with Crippen LogP contribution in [-0.2, 0) is 9.53 Å². The van der Waals surface area contributed by atoms with Crippen LogP contribution < -0.4 is 21.1 Å². The summed E-state index contributed by atoms with van der Waals surface area (Å²) in [6, 6.07) is 21.0. The molecule has 3 aromatic carbocycles. The first-order valence-corrected chi connectivity index (χ1v) is 11.6. The van der Waals surface area contributed by atoms with E-state index in [1.54, 1.807) is 78.9 Å². The van der Waals surface area contributed by atoms with E-state index in [9.17, 15) is 9.59 Å². The van der Waals surface area contributed by atoms with Crippen molar-refractivity contribution in [3.63, 3.8) is 0 Å². The fourth-order valence-electron chi connectivity index (χ4n) is 3.09. The number of aliphatic hydroxyl groups excluding tert-OH is 1. The second-order valence-corrected chi connectivity index (χ2v) is 8.30. The third-order valence-corrected chi connectivity index (χ3v) is 5.32. The number of halogens is 1. The van der Waals surface area contributed by atoms with Crippen LogP contribution in [0.2, 0.25) is 0 Å². The number of anilines is 3. The highest BCUT2D eigenvalue weighted by molar-refractivity contribution is 9.10. The first-order valence-electron chi connectivity index (χ1n) is 10.8. The summed E-state index contributed by atoms with van der Waals surface area (Å²) in [5.41, 5.74) is 8.13. The Bertz CT molecular complexity index is 1150. The number of nitrogens with one attached hydrogen (secondary N) is 2. The Morgan fingerprint density at radius 2 is 1.71 bits per heavy atom. The van der Waals surface area contributed by atoms with E-state index in [4.69, 9.17) is 20.3 Å². The summed E-state index contributed by atoms with van der Waals surface area (Å²) in [6.07, 6.45) is 1.95. The molecule has 0 unspecified atom stereocenters. The van der Waals surface area contributed by atoms with Crippen LogP contribution in [0, 0.1) is 0 Å². The second kappa shape index (κ2) is 13.2. The van der Waals surface area contributed by atoms with Crippen LogP contribution in [0.3, 0.4) is 0 Å². The van der Waals surface area contributed by atoms with Gasteiger partial charge in [-0.15, -0.1) is 0 Å². The number of ether oxygens (including phenoxy) is 2. The maximum Gasteiger partial charge on any atom is 0.412 e. The highest BCUT2D eigenvalue weighted by Crippen LogP contribution is 2.25. The number of hydrogen-bond acceptors (Lipinski definition) is 6. The zero-order valence-corrected chi connectivity index (χ0v) is 20.4. The monoisotopic (exact) mass is 539 g/mol. The first-order chi connectivity index (χ1) is 16.9. The van der Waals surface area contributed by atoms with Crippen molar-refractivity contribution in [3.8, 4) is 5.75 Å². The van der Waals surface area contributed by atoms with Crippen molar-refractivity contribution < 1.29 is 24.2 Å². The molecule has 0 radical (unpaired) electrons. The van der Waals surface area contributed by atoms with Crippen molar-refractivity contribution in [1.29, 1.82) is 0 Å². The Hall–Kier alpha value is -3.82. The number of aliphatic hydroxyl groups is 1. The Kier molecular flexibility index (Phi) is 9.70. The smallest absolute Gasteiger partial charge is 0.412 e. The number of rotatable bonds is 10. The normalized spacial score (nSPS) is 11.6. The van der Waals surface area contributed by atoms with Gasteiger partial charge in [-0.1, -0.05) is 46.3 Å². The molecular weight excluding hydrogens is 514 g/mol. The minimum atomic E-state index is -0.664. The number of para-hydroxylation sites is 2. The molecule has 0 saturated heterocycles. The molecule has 0 heterocycles. The first kappa shape index (κ1) is 25.8. The van der Waals surface area contributed by atoms with Crippen LogP contribution >= 0.6 is 15.9 Å². The molecule has 1 atom stereocenters. The van der Waals surface area contributed by atoms with E-state index in [-0.39, 0.29) is 25.5 Å². The predicted octanol–water partition coefficient (Wildman–Crippen LogP) is 5.28. The average Bonchev–Trinajstić information content (AvgIpc) is 2.85. The zero-order chi connectivity index (χ0) is 25.0. The van der Waals surface area contributed by atoms with Crippen molar-refractivity contribution in [2.45, 2.75) is 12.5 Å². The van der Waals surface area contributed by atoms with E-state index in [1.807, 2.05) is 0 Å². The van der Waals surface area contributed by atoms with Crippen molar-refractivity contribution in [3.05, 3.63) is 95.0 Å². The van der Waals surface area contributed by atoms with Gasteiger partial charge in [0, 0.05) is 16.6 Å². The highest BCUT2D eigenvalue weighted by atomic mass is 79.9. The summed E-state index contributed by atoms with van der Waals surface area (Å²) < 4.78 is 11.9. The molecule has 0 aromatic heterocycles. The van der Waals surface area contributed by atoms with Gasteiger partial charge in [0.25, 0.3) is 0 Å². The van der Waals surface area contributed by atoms with Crippen LogP contribution in [-0.4, -0.2) is 30.3 Å². The van der Waals surface area contributed by atoms with E-state index in [2.05, 4.69) is 26.6 Å². The van der Waals surface area contributed by atoms with Gasteiger partial charge in [0.1, 0.15) is 18.5 Å². The lowest BCUT2D eigenvalue weighted by Gasteiger charge is -2.18. The van der Waals surface area contributed by atoms with Gasteiger partial charge in [0.2, 0.25) is 5.91 Å². The van der Waals surface area contributed by atoms with E-state index in [0.717, 1.165) is 4.47 Å². The van der Waals surface area contributed by atoms with E-state index >= 15 is 0 Å². The number of nitrogens with two attached hydrogens (primary N) is 1. The highest BCUT2D eigenvalue weighted by Gasteiger charge is 2.16. The quantitative estimate of drug-likeness (QED) is 0.205. The van der Waals surface area contributed by atoms with Crippen molar-refractivity contribution in [1.82, 2.24) is 0 Å². The molecule has 5 N–H and O–H groups in total. The van der Waals surface area contributed by atoms with Gasteiger partial charge in [0.15, 0.2) is 0 Å². The molecule has 3 rings (SSSR count). The number of carbonyl (C=O) groups excluding carboxylic acids is 2. The molecule has 8 nitrogen and oxygen atoms in total. The minimum absolute atomic E-state index is 0.0921. The van der Waals surface area contributed by atoms with Crippen molar-refractivity contribution in [2.24, 2.45) is 0 Å². The summed E-state index contributed by atoms with van der Waals surface area (Å²) in [4.78, 5) is 24.9. The SMILES string of the molecule is Nc1ccccc1NC(=O)/C=C/C[C@@H](OC(=O)Nc1ccc(Br)cc1)c1ccc(OCCO)cc1. The molecule has 0 aliphatic rings. The van der Waals surface area contributed by atoms with Crippen LogP contribution in [0.1, 0.15) is 18.1 Å². The molecule has 0 bridgehead atoms. The summed E-state index contributed by atoms with van der Waals surface area (Å²) in [6.45, 7) is 0.0872. The van der Waals surface area contributed by atoms with Gasteiger partial charge in [-0.2, -0.15) is 0 Å². The van der Waals surface area contributed by atoms with Gasteiger partial charge >= 0.3 is 6.09 Å². The summed E-state index contributed by atoms with van der Waals surface area (Å²) >= 11 is 3.35. The van der Waals surface area contributed by atoms with Crippen LogP contribution in [0.25, 0.3) is 0 Å². The topological polar surface area (TPSA) is 123 Å². The number of benzene rings is 3. The number of hydrogen-bond donors (Lipinski definition) is 4. The van der Waals surface area contributed by atoms with E-state index in [0.29, 0.717) is 28.4 Å². The Balaban J connectivity index is 1.68. The molecule has 0 aliphatic carbocycles. The molecule has 35 heavy (non-hydrogen) atoms. The molecule has 2 amide bonds. The van der Waals surface area contributed by atoms with E-state index < -0.39 is 12.2 Å². The van der Waals surface area contributed by atoms with Crippen molar-refractivity contribution >= 4 is 45.0 Å². The average molecular weight is 540 g/mol. The lowest BCUT2D eigenvalue weighted by molar-refractivity contribution is -0.111. The minimum Gasteiger partial charge on any atom is -0.491 e. The maximum atomic E-state index is 12.6. The lowest BCUT2D eigenvalue weighted by Crippen LogP contribution is -2.17. The summed E-state index contributed by atoms with van der Waals surface area (Å²) in [5.74, 6) is 0.227. The molecule has 0 aliphatic heterocycles. The number of amides is 2. The van der Waals surface area contributed by atoms with Gasteiger partial charge in [-0.05, 0) is 60.2 Å². The van der Waals surface area contributed by atoms with Crippen LogP contribution in [0.15, 0.2) is 89.4 Å². The van der Waals surface area contributed by atoms with Crippen LogP contribution in [0.4, 0.5) is 21.9 Å². The Morgan fingerprint density at radius 3 is 2.40 bits per heavy atom. The molecule has 0 saturated carbocycles. The Morgan fingerprint density at radius 1 is 1.00 bits per heavy atom. The largest absolute Gasteiger partial charge is 0.491 e. The fourth-order valence-corrected chi connectivity index (χ4v) is 3.35. The van der Waals surface area contributed by atoms with Gasteiger partial charge in [0.05, 0.1) is 18.0 Å². The van der Waals surface area contributed by atoms with Crippen LogP contribution in [0.5, 0.6) is 5.75 Å². The van der Waals surface area contributed by atoms with Crippen molar-refractivity contribution in [2.75, 3.05) is 29.6 Å². The van der Waals surface area contributed by atoms with Gasteiger partial charge < -0.3 is 25.6 Å². The van der Waals surface area contributed by atoms with Gasteiger partial charge in [-0.3, -0.25) is 10.1 Å². The standard InChI is InChI=1S/C26H26BrN3O5/c27-19-10-12-20(13-11-19)29-26(33)35-24(18-8-14-21(15-9-18)34-17-16-31)6-3-7-25(32)30-23-5-2-1-4-22(23)28/h1-5,7-15,24,31H,6,16-17,28H2,(H,29,33)(H,30,32)/b7-3+/t24-/m1/s1. The fraction of sp³-hybridized carbons (Fsp3) is 0.154. The molecule has 3 aromatic rings. The lowest BCUT2D eigenvalue weighted by atomic mass is 10.1. The summed E-state index contributed by atoms with van der Waals surface area (Å²) in [5, 5.41) is 14.3. The maximum absolute atomic E-state index is 12.6. The molecule has 9 heteroatoms. The number of nitrogen functional groups attached to an aromatic ring is 1. The zero-order valence-electron chi connectivity index (χ0n) is 18.8. The van der Waals surface area contributed by atoms with E-state index in [1.165, 1.54) is 6.08 Å². The van der Waals surface area contributed by atoms with Gasteiger partial charge in [-0.25, -0.2) is 4.79 Å². The second-order valence-electron chi connectivity index (χ2n) is 7.38. The molecular formula is C26H26BrN3O5. The molecule has 182 valence electrons.